The normalized spacial score (nSPS) is 10.9. The molecule has 2 aromatic rings. The number of aromatic nitrogens is 2. The van der Waals surface area contributed by atoms with Crippen LogP contribution in [0, 0.1) is 0 Å². The van der Waals surface area contributed by atoms with Gasteiger partial charge < -0.3 is 10.3 Å². The molecule has 1 aromatic heterocycles. The molecule has 0 aliphatic carbocycles. The lowest BCUT2D eigenvalue weighted by Gasteiger charge is -2.05. The number of para-hydroxylation sites is 1. The molecule has 2 rings (SSSR count). The van der Waals surface area contributed by atoms with Crippen molar-refractivity contribution in [3.05, 3.63) is 36.7 Å². The first-order valence-corrected chi connectivity index (χ1v) is 6.12. The van der Waals surface area contributed by atoms with Crippen molar-refractivity contribution in [2.45, 2.75) is 32.7 Å². The summed E-state index contributed by atoms with van der Waals surface area (Å²) in [5, 5.41) is 0. The minimum absolute atomic E-state index is 0.753. The highest BCUT2D eigenvalue weighted by atomic mass is 15.1. The van der Waals surface area contributed by atoms with E-state index < -0.39 is 0 Å². The number of fused-ring (bicyclic) bond motifs is 1. The fraction of sp³-hybridized carbons (Fsp3) is 0.357. The number of unbranched alkanes of at least 4 members (excludes halogenated alkanes) is 1. The molecule has 0 amide bonds. The fourth-order valence-electron chi connectivity index (χ4n) is 2.08. The standard InChI is InChI=1S/C14H19N3/c1-3-5-9-13-16-14-11(15)7-6-8-12(14)17(13)10-4-2/h4,6-8H,2-3,5,9-10,15H2,1H3. The van der Waals surface area contributed by atoms with Crippen LogP contribution in [0.5, 0.6) is 0 Å². The van der Waals surface area contributed by atoms with Gasteiger partial charge in [-0.2, -0.15) is 0 Å². The molecule has 0 atom stereocenters. The van der Waals surface area contributed by atoms with Crippen LogP contribution in [0.4, 0.5) is 5.69 Å². The number of nitrogens with two attached hydrogens (primary N) is 1. The fourth-order valence-corrected chi connectivity index (χ4v) is 2.08. The molecule has 0 aliphatic rings. The second-order valence-electron chi connectivity index (χ2n) is 4.25. The summed E-state index contributed by atoms with van der Waals surface area (Å²) in [5.41, 5.74) is 8.74. The van der Waals surface area contributed by atoms with E-state index in [1.165, 1.54) is 6.42 Å². The number of hydrogen-bond acceptors (Lipinski definition) is 2. The summed E-state index contributed by atoms with van der Waals surface area (Å²) >= 11 is 0. The van der Waals surface area contributed by atoms with Crippen LogP contribution in [0.3, 0.4) is 0 Å². The molecule has 0 aliphatic heterocycles. The van der Waals surface area contributed by atoms with E-state index in [1.807, 2.05) is 18.2 Å². The van der Waals surface area contributed by atoms with Crippen molar-refractivity contribution in [1.29, 1.82) is 0 Å². The van der Waals surface area contributed by atoms with Crippen molar-refractivity contribution in [3.63, 3.8) is 0 Å². The summed E-state index contributed by atoms with van der Waals surface area (Å²) in [5.74, 6) is 1.11. The van der Waals surface area contributed by atoms with Crippen LogP contribution >= 0.6 is 0 Å². The minimum atomic E-state index is 0.753. The molecular weight excluding hydrogens is 210 g/mol. The molecule has 1 heterocycles. The van der Waals surface area contributed by atoms with Crippen LogP contribution in [0.1, 0.15) is 25.6 Å². The van der Waals surface area contributed by atoms with Crippen molar-refractivity contribution in [2.75, 3.05) is 5.73 Å². The van der Waals surface area contributed by atoms with Gasteiger partial charge >= 0.3 is 0 Å². The molecule has 2 N–H and O–H groups in total. The molecule has 0 fully saturated rings. The van der Waals surface area contributed by atoms with Crippen molar-refractivity contribution >= 4 is 16.7 Å². The van der Waals surface area contributed by atoms with Gasteiger partial charge in [-0.3, -0.25) is 0 Å². The second-order valence-corrected chi connectivity index (χ2v) is 4.25. The average Bonchev–Trinajstić information content (AvgIpc) is 2.67. The minimum Gasteiger partial charge on any atom is -0.397 e. The molecule has 0 bridgehead atoms. The number of hydrogen-bond donors (Lipinski definition) is 1. The van der Waals surface area contributed by atoms with Crippen LogP contribution in [0.25, 0.3) is 11.0 Å². The highest BCUT2D eigenvalue weighted by Gasteiger charge is 2.10. The molecule has 0 saturated carbocycles. The van der Waals surface area contributed by atoms with E-state index in [0.29, 0.717) is 0 Å². The average molecular weight is 229 g/mol. The van der Waals surface area contributed by atoms with E-state index in [-0.39, 0.29) is 0 Å². The van der Waals surface area contributed by atoms with Gasteiger partial charge in [-0.25, -0.2) is 4.98 Å². The smallest absolute Gasteiger partial charge is 0.112 e. The third-order valence-corrected chi connectivity index (χ3v) is 2.95. The van der Waals surface area contributed by atoms with Crippen LogP contribution in [0.2, 0.25) is 0 Å². The predicted molar refractivity (Wildman–Crippen MR) is 73.0 cm³/mol. The Morgan fingerprint density at radius 3 is 3.00 bits per heavy atom. The van der Waals surface area contributed by atoms with Gasteiger partial charge in [0.25, 0.3) is 0 Å². The Morgan fingerprint density at radius 1 is 1.47 bits per heavy atom. The molecular formula is C14H19N3. The zero-order valence-corrected chi connectivity index (χ0v) is 10.3. The van der Waals surface area contributed by atoms with E-state index in [1.54, 1.807) is 0 Å². The highest BCUT2D eigenvalue weighted by Crippen LogP contribution is 2.22. The maximum atomic E-state index is 5.96. The van der Waals surface area contributed by atoms with Crippen molar-refractivity contribution in [3.8, 4) is 0 Å². The first-order chi connectivity index (χ1) is 8.27. The summed E-state index contributed by atoms with van der Waals surface area (Å²) in [6, 6.07) is 5.94. The first-order valence-electron chi connectivity index (χ1n) is 6.12. The Balaban J connectivity index is 2.53. The van der Waals surface area contributed by atoms with Crippen LogP contribution in [-0.4, -0.2) is 9.55 Å². The SMILES string of the molecule is C=CCn1c(CCCC)nc2c(N)cccc21. The molecule has 0 unspecified atom stereocenters. The van der Waals surface area contributed by atoms with Gasteiger partial charge in [0.15, 0.2) is 0 Å². The van der Waals surface area contributed by atoms with Gasteiger partial charge in [0.1, 0.15) is 11.3 Å². The largest absolute Gasteiger partial charge is 0.397 e. The molecule has 3 heteroatoms. The Bertz CT molecular complexity index is 525. The van der Waals surface area contributed by atoms with Gasteiger partial charge in [0.2, 0.25) is 0 Å². The van der Waals surface area contributed by atoms with Gasteiger partial charge in [-0.05, 0) is 18.6 Å². The molecule has 1 aromatic carbocycles. The molecule has 0 spiro atoms. The van der Waals surface area contributed by atoms with Gasteiger partial charge in [0.05, 0.1) is 11.2 Å². The van der Waals surface area contributed by atoms with E-state index in [2.05, 4.69) is 29.1 Å². The number of nitrogens with zero attached hydrogens (tertiary/aromatic N) is 2. The third-order valence-electron chi connectivity index (χ3n) is 2.95. The van der Waals surface area contributed by atoms with Gasteiger partial charge in [-0.15, -0.1) is 6.58 Å². The zero-order chi connectivity index (χ0) is 12.3. The third kappa shape index (κ3) is 2.18. The van der Waals surface area contributed by atoms with Crippen molar-refractivity contribution in [2.24, 2.45) is 0 Å². The van der Waals surface area contributed by atoms with Gasteiger partial charge in [0, 0.05) is 13.0 Å². The number of benzene rings is 1. The topological polar surface area (TPSA) is 43.8 Å². The maximum absolute atomic E-state index is 5.96. The molecule has 17 heavy (non-hydrogen) atoms. The lowest BCUT2D eigenvalue weighted by Crippen LogP contribution is -2.02. The number of nitrogen functional groups attached to an aromatic ring is 1. The monoisotopic (exact) mass is 229 g/mol. The summed E-state index contributed by atoms with van der Waals surface area (Å²) in [6.07, 6.45) is 5.23. The first kappa shape index (κ1) is 11.7. The lowest BCUT2D eigenvalue weighted by atomic mass is 10.2. The Morgan fingerprint density at radius 2 is 2.29 bits per heavy atom. The Hall–Kier alpha value is -1.77. The lowest BCUT2D eigenvalue weighted by molar-refractivity contribution is 0.697. The maximum Gasteiger partial charge on any atom is 0.112 e. The van der Waals surface area contributed by atoms with E-state index in [9.17, 15) is 0 Å². The van der Waals surface area contributed by atoms with E-state index in [4.69, 9.17) is 5.73 Å². The van der Waals surface area contributed by atoms with Crippen molar-refractivity contribution in [1.82, 2.24) is 9.55 Å². The molecule has 0 saturated heterocycles. The number of anilines is 1. The number of rotatable bonds is 5. The van der Waals surface area contributed by atoms with Crippen LogP contribution < -0.4 is 5.73 Å². The number of imidazole rings is 1. The Kier molecular flexibility index (Phi) is 3.47. The quantitative estimate of drug-likeness (QED) is 0.632. The summed E-state index contributed by atoms with van der Waals surface area (Å²) in [4.78, 5) is 4.66. The van der Waals surface area contributed by atoms with E-state index >= 15 is 0 Å². The molecule has 0 radical (unpaired) electrons. The summed E-state index contributed by atoms with van der Waals surface area (Å²) in [7, 11) is 0. The zero-order valence-electron chi connectivity index (χ0n) is 10.3. The molecule has 90 valence electrons. The highest BCUT2D eigenvalue weighted by molar-refractivity contribution is 5.87. The summed E-state index contributed by atoms with van der Waals surface area (Å²) < 4.78 is 2.20. The van der Waals surface area contributed by atoms with Gasteiger partial charge in [-0.1, -0.05) is 25.5 Å². The number of aryl methyl sites for hydroxylation is 1. The van der Waals surface area contributed by atoms with Crippen molar-refractivity contribution < 1.29 is 0 Å². The summed E-state index contributed by atoms with van der Waals surface area (Å²) in [6.45, 7) is 6.79. The van der Waals surface area contributed by atoms with Crippen LogP contribution in [0.15, 0.2) is 30.9 Å². The molecule has 3 nitrogen and oxygen atoms in total. The van der Waals surface area contributed by atoms with Crippen LogP contribution in [-0.2, 0) is 13.0 Å². The van der Waals surface area contributed by atoms with E-state index in [0.717, 1.165) is 41.9 Å². The predicted octanol–water partition coefficient (Wildman–Crippen LogP) is 3.15. The number of allylic oxidation sites excluding steroid dienone is 1. The Labute approximate surface area is 102 Å². The second kappa shape index (κ2) is 5.04.